The molecule has 3 nitrogen and oxygen atoms in total. The molecule has 0 N–H and O–H groups in total. The summed E-state index contributed by atoms with van der Waals surface area (Å²) in [5.41, 5.74) is 0. The highest BCUT2D eigenvalue weighted by Crippen LogP contribution is 2.21. The van der Waals surface area contributed by atoms with Crippen LogP contribution in [-0.2, 0) is 14.3 Å². The summed E-state index contributed by atoms with van der Waals surface area (Å²) in [6.45, 7) is 5.12. The van der Waals surface area contributed by atoms with Gasteiger partial charge in [-0.2, -0.15) is 0 Å². The van der Waals surface area contributed by atoms with Crippen LogP contribution >= 0.6 is 0 Å². The first-order valence-electron chi connectivity index (χ1n) is 5.06. The van der Waals surface area contributed by atoms with Gasteiger partial charge in [0, 0.05) is 0 Å². The number of hydrogen-bond acceptors (Lipinski definition) is 3. The Bertz CT molecular complexity index is 160. The molecule has 76 valence electrons. The van der Waals surface area contributed by atoms with Gasteiger partial charge in [-0.15, -0.1) is 0 Å². The second kappa shape index (κ2) is 5.22. The SMILES string of the molecule is CCOC(=O)C1CCC(CC)CO1. The molecule has 0 aromatic heterocycles. The van der Waals surface area contributed by atoms with E-state index in [0.29, 0.717) is 19.1 Å². The quantitative estimate of drug-likeness (QED) is 0.630. The molecule has 2 atom stereocenters. The summed E-state index contributed by atoms with van der Waals surface area (Å²) in [5, 5.41) is 0. The number of carbonyl (C=O) groups excluding carboxylic acids is 1. The molecule has 0 spiro atoms. The van der Waals surface area contributed by atoms with E-state index in [1.165, 1.54) is 0 Å². The van der Waals surface area contributed by atoms with Crippen molar-refractivity contribution in [3.05, 3.63) is 0 Å². The van der Waals surface area contributed by atoms with Crippen molar-refractivity contribution < 1.29 is 14.3 Å². The molecule has 0 aromatic rings. The summed E-state index contributed by atoms with van der Waals surface area (Å²) in [7, 11) is 0. The molecule has 2 unspecified atom stereocenters. The first-order valence-corrected chi connectivity index (χ1v) is 5.06. The van der Waals surface area contributed by atoms with Gasteiger partial charge >= 0.3 is 5.97 Å². The van der Waals surface area contributed by atoms with Gasteiger partial charge in [-0.25, -0.2) is 4.79 Å². The molecule has 1 fully saturated rings. The molecule has 0 bridgehead atoms. The second-order valence-electron chi connectivity index (χ2n) is 3.43. The fourth-order valence-corrected chi connectivity index (χ4v) is 1.55. The van der Waals surface area contributed by atoms with E-state index in [-0.39, 0.29) is 12.1 Å². The van der Waals surface area contributed by atoms with Crippen molar-refractivity contribution >= 4 is 5.97 Å². The van der Waals surface area contributed by atoms with E-state index in [1.54, 1.807) is 0 Å². The summed E-state index contributed by atoms with van der Waals surface area (Å²) in [5.74, 6) is 0.433. The monoisotopic (exact) mass is 186 g/mol. The number of ether oxygens (including phenoxy) is 2. The Kier molecular flexibility index (Phi) is 4.22. The number of carbonyl (C=O) groups is 1. The molecule has 0 aliphatic carbocycles. The summed E-state index contributed by atoms with van der Waals surface area (Å²) in [6.07, 6.45) is 2.73. The molecule has 0 saturated carbocycles. The average Bonchev–Trinajstić information content (AvgIpc) is 2.18. The van der Waals surface area contributed by atoms with Crippen molar-refractivity contribution in [1.29, 1.82) is 0 Å². The average molecular weight is 186 g/mol. The molecular formula is C10H18O3. The van der Waals surface area contributed by atoms with E-state index in [2.05, 4.69) is 6.92 Å². The summed E-state index contributed by atoms with van der Waals surface area (Å²) in [6, 6.07) is 0. The highest BCUT2D eigenvalue weighted by molar-refractivity contribution is 5.74. The van der Waals surface area contributed by atoms with Gasteiger partial charge < -0.3 is 9.47 Å². The molecular weight excluding hydrogens is 168 g/mol. The first-order chi connectivity index (χ1) is 6.27. The number of rotatable bonds is 3. The Balaban J connectivity index is 2.28. The lowest BCUT2D eigenvalue weighted by molar-refractivity contribution is -0.161. The topological polar surface area (TPSA) is 35.5 Å². The van der Waals surface area contributed by atoms with Crippen LogP contribution in [0.1, 0.15) is 33.1 Å². The predicted molar refractivity (Wildman–Crippen MR) is 49.4 cm³/mol. The molecule has 0 amide bonds. The maximum Gasteiger partial charge on any atom is 0.335 e. The van der Waals surface area contributed by atoms with Crippen molar-refractivity contribution in [2.24, 2.45) is 5.92 Å². The van der Waals surface area contributed by atoms with Gasteiger partial charge in [-0.3, -0.25) is 0 Å². The lowest BCUT2D eigenvalue weighted by atomic mass is 9.96. The Morgan fingerprint density at radius 2 is 2.23 bits per heavy atom. The minimum atomic E-state index is -0.303. The zero-order valence-corrected chi connectivity index (χ0v) is 8.41. The van der Waals surface area contributed by atoms with E-state index in [1.807, 2.05) is 6.92 Å². The Morgan fingerprint density at radius 1 is 1.46 bits per heavy atom. The minimum Gasteiger partial charge on any atom is -0.464 e. The molecule has 3 heteroatoms. The first kappa shape index (κ1) is 10.5. The third-order valence-corrected chi connectivity index (χ3v) is 2.50. The molecule has 1 aliphatic heterocycles. The van der Waals surface area contributed by atoms with Crippen molar-refractivity contribution in [3.8, 4) is 0 Å². The van der Waals surface area contributed by atoms with Crippen LogP contribution in [0.3, 0.4) is 0 Å². The van der Waals surface area contributed by atoms with Crippen LogP contribution in [0.5, 0.6) is 0 Å². The summed E-state index contributed by atoms with van der Waals surface area (Å²) in [4.78, 5) is 11.2. The van der Waals surface area contributed by atoms with Crippen LogP contribution in [0.2, 0.25) is 0 Å². The van der Waals surface area contributed by atoms with Gasteiger partial charge in [0.25, 0.3) is 0 Å². The van der Waals surface area contributed by atoms with Crippen LogP contribution in [0.25, 0.3) is 0 Å². The maximum absolute atomic E-state index is 11.2. The minimum absolute atomic E-state index is 0.197. The fourth-order valence-electron chi connectivity index (χ4n) is 1.55. The Morgan fingerprint density at radius 3 is 2.69 bits per heavy atom. The molecule has 1 saturated heterocycles. The van der Waals surface area contributed by atoms with E-state index >= 15 is 0 Å². The third-order valence-electron chi connectivity index (χ3n) is 2.50. The van der Waals surface area contributed by atoms with Gasteiger partial charge in [0.15, 0.2) is 6.10 Å². The van der Waals surface area contributed by atoms with Crippen LogP contribution in [0.4, 0.5) is 0 Å². The normalized spacial score (nSPS) is 28.5. The molecule has 1 aliphatic rings. The van der Waals surface area contributed by atoms with Crippen molar-refractivity contribution in [3.63, 3.8) is 0 Å². The Hall–Kier alpha value is -0.570. The van der Waals surface area contributed by atoms with Crippen molar-refractivity contribution in [2.45, 2.75) is 39.2 Å². The van der Waals surface area contributed by atoms with Gasteiger partial charge in [-0.1, -0.05) is 13.3 Å². The van der Waals surface area contributed by atoms with Crippen molar-refractivity contribution in [2.75, 3.05) is 13.2 Å². The summed E-state index contributed by atoms with van der Waals surface area (Å²) >= 11 is 0. The Labute approximate surface area is 79.4 Å². The van der Waals surface area contributed by atoms with Gasteiger partial charge in [0.2, 0.25) is 0 Å². The second-order valence-corrected chi connectivity index (χ2v) is 3.43. The highest BCUT2D eigenvalue weighted by Gasteiger charge is 2.26. The fraction of sp³-hybridized carbons (Fsp3) is 0.900. The van der Waals surface area contributed by atoms with E-state index in [9.17, 15) is 4.79 Å². The van der Waals surface area contributed by atoms with E-state index < -0.39 is 0 Å². The van der Waals surface area contributed by atoms with Gasteiger partial charge in [-0.05, 0) is 25.7 Å². The van der Waals surface area contributed by atoms with Gasteiger partial charge in [0.1, 0.15) is 0 Å². The molecule has 1 rings (SSSR count). The number of hydrogen-bond donors (Lipinski definition) is 0. The van der Waals surface area contributed by atoms with Crippen LogP contribution in [0, 0.1) is 5.92 Å². The van der Waals surface area contributed by atoms with Gasteiger partial charge in [0.05, 0.1) is 13.2 Å². The summed E-state index contributed by atoms with van der Waals surface area (Å²) < 4.78 is 10.3. The standard InChI is InChI=1S/C10H18O3/c1-3-8-5-6-9(13-7-8)10(11)12-4-2/h8-9H,3-7H2,1-2H3. The lowest BCUT2D eigenvalue weighted by Gasteiger charge is -2.26. The van der Waals surface area contributed by atoms with Crippen LogP contribution in [-0.4, -0.2) is 25.3 Å². The highest BCUT2D eigenvalue weighted by atomic mass is 16.6. The largest absolute Gasteiger partial charge is 0.464 e. The van der Waals surface area contributed by atoms with E-state index in [4.69, 9.17) is 9.47 Å². The van der Waals surface area contributed by atoms with Crippen LogP contribution < -0.4 is 0 Å². The molecule has 0 aromatic carbocycles. The molecule has 13 heavy (non-hydrogen) atoms. The molecule has 1 heterocycles. The smallest absolute Gasteiger partial charge is 0.335 e. The lowest BCUT2D eigenvalue weighted by Crippen LogP contribution is -2.33. The number of esters is 1. The van der Waals surface area contributed by atoms with Crippen molar-refractivity contribution in [1.82, 2.24) is 0 Å². The zero-order chi connectivity index (χ0) is 9.68. The zero-order valence-electron chi connectivity index (χ0n) is 8.41. The third kappa shape index (κ3) is 2.99. The maximum atomic E-state index is 11.2. The molecule has 0 radical (unpaired) electrons. The van der Waals surface area contributed by atoms with Crippen LogP contribution in [0.15, 0.2) is 0 Å². The van der Waals surface area contributed by atoms with E-state index in [0.717, 1.165) is 19.3 Å². The predicted octanol–water partition coefficient (Wildman–Crippen LogP) is 1.75.